The van der Waals surface area contributed by atoms with Crippen molar-refractivity contribution in [3.63, 3.8) is 0 Å². The van der Waals surface area contributed by atoms with Gasteiger partial charge in [0.25, 0.3) is 10.0 Å². The maximum atomic E-state index is 12.8. The molecular weight excluding hydrogens is 416 g/mol. The minimum Gasteiger partial charge on any atom is -0.486 e. The first-order valence-electron chi connectivity index (χ1n) is 10.5. The zero-order valence-electron chi connectivity index (χ0n) is 17.2. The summed E-state index contributed by atoms with van der Waals surface area (Å²) in [7, 11) is -3.73. The molecule has 0 fully saturated rings. The molecular formula is C22H24N4O4S. The van der Waals surface area contributed by atoms with Gasteiger partial charge in [-0.3, -0.25) is 4.72 Å². The highest BCUT2D eigenvalue weighted by atomic mass is 32.2. The highest BCUT2D eigenvalue weighted by Gasteiger charge is 2.24. The van der Waals surface area contributed by atoms with Crippen molar-refractivity contribution in [1.29, 1.82) is 0 Å². The lowest BCUT2D eigenvalue weighted by Crippen LogP contribution is -2.20. The number of aromatic nitrogens is 3. The van der Waals surface area contributed by atoms with E-state index in [9.17, 15) is 8.42 Å². The van der Waals surface area contributed by atoms with Crippen LogP contribution in [0.5, 0.6) is 11.5 Å². The molecule has 1 atom stereocenters. The lowest BCUT2D eigenvalue weighted by Gasteiger charge is -2.25. The van der Waals surface area contributed by atoms with Crippen molar-refractivity contribution in [2.45, 2.75) is 43.5 Å². The lowest BCUT2D eigenvalue weighted by molar-refractivity contribution is 0.171. The van der Waals surface area contributed by atoms with E-state index in [0.717, 1.165) is 37.5 Å². The topological polar surface area (TPSA) is 95.3 Å². The predicted octanol–water partition coefficient (Wildman–Crippen LogP) is 3.14. The number of fused-ring (bicyclic) bond motifs is 2. The molecule has 1 N–H and O–H groups in total. The molecule has 3 heterocycles. The molecule has 2 aromatic carbocycles. The van der Waals surface area contributed by atoms with Crippen molar-refractivity contribution < 1.29 is 17.9 Å². The van der Waals surface area contributed by atoms with Crippen LogP contribution in [0.3, 0.4) is 0 Å². The van der Waals surface area contributed by atoms with Crippen molar-refractivity contribution in [2.75, 3.05) is 17.9 Å². The second-order valence-corrected chi connectivity index (χ2v) is 9.45. The van der Waals surface area contributed by atoms with Gasteiger partial charge in [-0.05, 0) is 36.2 Å². The quantitative estimate of drug-likeness (QED) is 0.655. The van der Waals surface area contributed by atoms with E-state index in [1.165, 1.54) is 17.7 Å². The summed E-state index contributed by atoms with van der Waals surface area (Å²) in [6.45, 7) is 3.81. The molecule has 3 aromatic rings. The second kappa shape index (κ2) is 7.88. The van der Waals surface area contributed by atoms with Crippen molar-refractivity contribution in [3.8, 4) is 11.5 Å². The van der Waals surface area contributed by atoms with Crippen LogP contribution in [0.25, 0.3) is 0 Å². The molecule has 162 valence electrons. The zero-order valence-corrected chi connectivity index (χ0v) is 18.1. The molecule has 9 heteroatoms. The normalized spacial score (nSPS) is 17.8. The summed E-state index contributed by atoms with van der Waals surface area (Å²) in [5, 5.41) is 8.56. The minimum absolute atomic E-state index is 0.139. The van der Waals surface area contributed by atoms with E-state index in [1.54, 1.807) is 6.07 Å². The molecule has 0 radical (unpaired) electrons. The van der Waals surface area contributed by atoms with Crippen molar-refractivity contribution in [2.24, 2.45) is 0 Å². The van der Waals surface area contributed by atoms with Crippen LogP contribution in [-0.4, -0.2) is 36.4 Å². The smallest absolute Gasteiger partial charge is 0.262 e. The van der Waals surface area contributed by atoms with E-state index in [1.807, 2.05) is 24.3 Å². The summed E-state index contributed by atoms with van der Waals surface area (Å²) in [6, 6.07) is 12.3. The summed E-state index contributed by atoms with van der Waals surface area (Å²) in [5.41, 5.74) is 1.71. The zero-order chi connectivity index (χ0) is 21.4. The van der Waals surface area contributed by atoms with E-state index in [2.05, 4.69) is 26.4 Å². The maximum absolute atomic E-state index is 12.8. The van der Waals surface area contributed by atoms with Crippen LogP contribution in [0.4, 0.5) is 5.69 Å². The highest BCUT2D eigenvalue weighted by Crippen LogP contribution is 2.33. The van der Waals surface area contributed by atoms with Crippen LogP contribution in [-0.2, 0) is 29.4 Å². The summed E-state index contributed by atoms with van der Waals surface area (Å²) in [6.07, 6.45) is 2.76. The number of nitrogens with zero attached hydrogens (tertiary/aromatic N) is 3. The Morgan fingerprint density at radius 3 is 2.61 bits per heavy atom. The highest BCUT2D eigenvalue weighted by molar-refractivity contribution is 7.92. The van der Waals surface area contributed by atoms with Gasteiger partial charge in [-0.15, -0.1) is 10.2 Å². The molecule has 0 spiro atoms. The van der Waals surface area contributed by atoms with Crippen LogP contribution in [0.1, 0.15) is 36.5 Å². The van der Waals surface area contributed by atoms with Crippen molar-refractivity contribution in [3.05, 3.63) is 59.7 Å². The summed E-state index contributed by atoms with van der Waals surface area (Å²) >= 11 is 0. The fourth-order valence-corrected chi connectivity index (χ4v) is 5.22. The summed E-state index contributed by atoms with van der Waals surface area (Å²) in [5.74, 6) is 3.43. The van der Waals surface area contributed by atoms with Gasteiger partial charge >= 0.3 is 0 Å². The number of hydrogen-bond acceptors (Lipinski definition) is 6. The number of anilines is 1. The second-order valence-electron chi connectivity index (χ2n) is 7.77. The first-order chi connectivity index (χ1) is 15.0. The Balaban J connectivity index is 1.31. The Morgan fingerprint density at radius 2 is 1.84 bits per heavy atom. The van der Waals surface area contributed by atoms with Crippen LogP contribution >= 0.6 is 0 Å². The van der Waals surface area contributed by atoms with E-state index < -0.39 is 10.0 Å². The number of aryl methyl sites for hydroxylation is 2. The largest absolute Gasteiger partial charge is 0.486 e. The fourth-order valence-electron chi connectivity index (χ4n) is 4.14. The molecule has 31 heavy (non-hydrogen) atoms. The van der Waals surface area contributed by atoms with Gasteiger partial charge in [0.2, 0.25) is 0 Å². The molecule has 5 rings (SSSR count). The third-order valence-electron chi connectivity index (χ3n) is 5.80. The molecule has 0 bridgehead atoms. The van der Waals surface area contributed by atoms with Gasteiger partial charge in [0, 0.05) is 37.1 Å². The molecule has 1 aromatic heterocycles. The Labute approximate surface area is 181 Å². The minimum atomic E-state index is -3.73. The van der Waals surface area contributed by atoms with Gasteiger partial charge in [-0.1, -0.05) is 19.1 Å². The third-order valence-corrected chi connectivity index (χ3v) is 7.18. The van der Waals surface area contributed by atoms with E-state index in [0.29, 0.717) is 36.3 Å². The average molecular weight is 441 g/mol. The SMILES string of the molecule is CCc1nnc2n1C[C@@H](c1ccc(NS(=O)(=O)c3ccc4c(c3)OCCO4)cc1)CC2. The summed E-state index contributed by atoms with van der Waals surface area (Å²) in [4.78, 5) is 0.139. The van der Waals surface area contributed by atoms with Crippen molar-refractivity contribution in [1.82, 2.24) is 14.8 Å². The summed E-state index contributed by atoms with van der Waals surface area (Å²) < 4.78 is 41.5. The van der Waals surface area contributed by atoms with Crippen LogP contribution in [0.15, 0.2) is 47.4 Å². The van der Waals surface area contributed by atoms with Crippen molar-refractivity contribution >= 4 is 15.7 Å². The van der Waals surface area contributed by atoms with E-state index in [4.69, 9.17) is 9.47 Å². The first kappa shape index (κ1) is 19.9. The van der Waals surface area contributed by atoms with Gasteiger partial charge in [-0.2, -0.15) is 0 Å². The number of ether oxygens (including phenoxy) is 2. The monoisotopic (exact) mass is 440 g/mol. The molecule has 0 unspecified atom stereocenters. The van der Waals surface area contributed by atoms with Gasteiger partial charge in [0.15, 0.2) is 11.5 Å². The fraction of sp³-hybridized carbons (Fsp3) is 0.364. The van der Waals surface area contributed by atoms with Crippen LogP contribution in [0.2, 0.25) is 0 Å². The number of benzene rings is 2. The molecule has 2 aliphatic heterocycles. The van der Waals surface area contributed by atoms with Gasteiger partial charge in [-0.25, -0.2) is 8.42 Å². The predicted molar refractivity (Wildman–Crippen MR) is 115 cm³/mol. The van der Waals surface area contributed by atoms with Crippen LogP contribution in [0, 0.1) is 0 Å². The van der Waals surface area contributed by atoms with E-state index >= 15 is 0 Å². The lowest BCUT2D eigenvalue weighted by atomic mass is 9.91. The maximum Gasteiger partial charge on any atom is 0.262 e. The van der Waals surface area contributed by atoms with Gasteiger partial charge < -0.3 is 14.0 Å². The molecule has 0 saturated carbocycles. The molecule has 0 saturated heterocycles. The molecule has 2 aliphatic rings. The molecule has 0 amide bonds. The number of hydrogen-bond donors (Lipinski definition) is 1. The van der Waals surface area contributed by atoms with Gasteiger partial charge in [0.05, 0.1) is 4.90 Å². The number of rotatable bonds is 5. The Kier molecular flexibility index (Phi) is 5.05. The van der Waals surface area contributed by atoms with Crippen LogP contribution < -0.4 is 14.2 Å². The Morgan fingerprint density at radius 1 is 1.06 bits per heavy atom. The van der Waals surface area contributed by atoms with E-state index in [-0.39, 0.29) is 4.90 Å². The third kappa shape index (κ3) is 3.85. The average Bonchev–Trinajstić information content (AvgIpc) is 3.21. The first-order valence-corrected chi connectivity index (χ1v) is 11.9. The molecule has 8 nitrogen and oxygen atoms in total. The molecule has 0 aliphatic carbocycles. The number of sulfonamides is 1. The standard InChI is InChI=1S/C22H24N4O4S/c1-2-21-23-24-22-10-5-16(14-26(21)22)15-3-6-17(7-4-15)25-31(27,28)18-8-9-19-20(13-18)30-12-11-29-19/h3-4,6-9,13,16,25H,2,5,10-12,14H2,1H3/t16-/m0/s1. The number of nitrogens with one attached hydrogen (secondary N) is 1. The Bertz CT molecular complexity index is 1190. The Hall–Kier alpha value is -3.07. The van der Waals surface area contributed by atoms with Gasteiger partial charge in [0.1, 0.15) is 24.9 Å².